The molecule has 0 bridgehead atoms. The quantitative estimate of drug-likeness (QED) is 0.525. The maximum atomic E-state index is 12.7. The summed E-state index contributed by atoms with van der Waals surface area (Å²) in [7, 11) is 0. The third kappa shape index (κ3) is 2.19. The summed E-state index contributed by atoms with van der Waals surface area (Å²) >= 11 is 5.86. The van der Waals surface area contributed by atoms with Crippen molar-refractivity contribution in [2.24, 2.45) is 0 Å². The third-order valence-electron chi connectivity index (χ3n) is 4.07. The lowest BCUT2D eigenvalue weighted by Crippen LogP contribution is -2.30. The van der Waals surface area contributed by atoms with E-state index in [4.69, 9.17) is 16.3 Å². The molecule has 0 aromatic heterocycles. The number of hydrogen-bond donors (Lipinski definition) is 1. The van der Waals surface area contributed by atoms with Crippen LogP contribution < -0.4 is 5.32 Å². The predicted molar refractivity (Wildman–Crippen MR) is 85.6 cm³/mol. The number of halogens is 1. The minimum absolute atomic E-state index is 0.262. The van der Waals surface area contributed by atoms with Gasteiger partial charge in [-0.15, -0.1) is 0 Å². The summed E-state index contributed by atoms with van der Waals surface area (Å²) < 4.78 is 5.54. The Labute approximate surface area is 137 Å². The molecule has 0 saturated carbocycles. The number of ether oxygens (including phenoxy) is 1. The Morgan fingerprint density at radius 2 is 1.74 bits per heavy atom. The highest BCUT2D eigenvalue weighted by atomic mass is 35.5. The number of amides is 1. The fraction of sp³-hybridized carbons (Fsp3) is 0.111. The second-order valence-electron chi connectivity index (χ2n) is 5.54. The first-order valence-corrected chi connectivity index (χ1v) is 7.55. The van der Waals surface area contributed by atoms with Gasteiger partial charge in [0.15, 0.2) is 0 Å². The van der Waals surface area contributed by atoms with E-state index in [1.54, 1.807) is 30.3 Å². The van der Waals surface area contributed by atoms with Crippen LogP contribution in [0.25, 0.3) is 6.08 Å². The van der Waals surface area contributed by atoms with Gasteiger partial charge in [-0.25, -0.2) is 0 Å². The van der Waals surface area contributed by atoms with Crippen molar-refractivity contribution in [2.45, 2.75) is 11.7 Å². The zero-order valence-electron chi connectivity index (χ0n) is 12.0. The van der Waals surface area contributed by atoms with Gasteiger partial charge in [-0.05, 0) is 29.3 Å². The molecule has 2 atom stereocenters. The summed E-state index contributed by atoms with van der Waals surface area (Å²) in [5.41, 5.74) is 0.447. The van der Waals surface area contributed by atoms with Crippen LogP contribution in [0, 0.1) is 0 Å². The van der Waals surface area contributed by atoms with Crippen molar-refractivity contribution >= 4 is 29.4 Å². The van der Waals surface area contributed by atoms with Gasteiger partial charge in [0.25, 0.3) is 5.91 Å². The highest BCUT2D eigenvalue weighted by molar-refractivity contribution is 6.30. The van der Waals surface area contributed by atoms with Crippen molar-refractivity contribution in [1.82, 2.24) is 5.32 Å². The number of rotatable bonds is 2. The molecular formula is C18H12ClNO3. The van der Waals surface area contributed by atoms with Crippen LogP contribution in [0.15, 0.2) is 60.3 Å². The maximum absolute atomic E-state index is 12.7. The minimum atomic E-state index is -1.42. The fourth-order valence-corrected chi connectivity index (χ4v) is 2.96. The molecular weight excluding hydrogens is 314 g/mol. The number of benzene rings is 2. The molecule has 23 heavy (non-hydrogen) atoms. The van der Waals surface area contributed by atoms with Crippen LogP contribution >= 0.6 is 11.6 Å². The van der Waals surface area contributed by atoms with Crippen molar-refractivity contribution in [3.8, 4) is 0 Å². The van der Waals surface area contributed by atoms with Crippen LogP contribution in [0.2, 0.25) is 5.02 Å². The number of hydrogen-bond acceptors (Lipinski definition) is 3. The molecule has 2 fully saturated rings. The normalized spacial score (nSPS) is 27.5. The van der Waals surface area contributed by atoms with Gasteiger partial charge in [0.1, 0.15) is 6.10 Å². The van der Waals surface area contributed by atoms with Crippen LogP contribution in [0.3, 0.4) is 0 Å². The van der Waals surface area contributed by atoms with Crippen molar-refractivity contribution < 1.29 is 14.3 Å². The van der Waals surface area contributed by atoms with E-state index in [0.29, 0.717) is 5.02 Å². The van der Waals surface area contributed by atoms with E-state index in [1.165, 1.54) is 0 Å². The topological polar surface area (TPSA) is 58.7 Å². The largest absolute Gasteiger partial charge is 0.343 e. The van der Waals surface area contributed by atoms with Gasteiger partial charge in [0.2, 0.25) is 11.4 Å². The molecule has 1 N–H and O–H groups in total. The molecule has 2 saturated heterocycles. The van der Waals surface area contributed by atoms with Crippen LogP contribution in [0.1, 0.15) is 17.2 Å². The lowest BCUT2D eigenvalue weighted by Gasteiger charge is -1.99. The summed E-state index contributed by atoms with van der Waals surface area (Å²) in [5, 5.41) is 3.23. The van der Waals surface area contributed by atoms with Gasteiger partial charge in [-0.1, -0.05) is 54.1 Å². The lowest BCUT2D eigenvalue weighted by atomic mass is 9.96. The van der Waals surface area contributed by atoms with Crippen LogP contribution in [-0.4, -0.2) is 17.3 Å². The fourth-order valence-electron chi connectivity index (χ4n) is 2.83. The van der Waals surface area contributed by atoms with Gasteiger partial charge < -0.3 is 10.1 Å². The molecule has 4 rings (SSSR count). The van der Waals surface area contributed by atoms with E-state index in [2.05, 4.69) is 5.32 Å². The van der Waals surface area contributed by atoms with Crippen molar-refractivity contribution in [1.29, 1.82) is 0 Å². The van der Waals surface area contributed by atoms with E-state index in [0.717, 1.165) is 11.1 Å². The van der Waals surface area contributed by atoms with Gasteiger partial charge >= 0.3 is 0 Å². The maximum Gasteiger partial charge on any atom is 0.268 e. The molecule has 0 radical (unpaired) electrons. The van der Waals surface area contributed by atoms with Crippen LogP contribution in [0.4, 0.5) is 0 Å². The summed E-state index contributed by atoms with van der Waals surface area (Å²) in [4.78, 5) is 24.9. The summed E-state index contributed by atoms with van der Waals surface area (Å²) in [5.74, 6) is -0.740. The van der Waals surface area contributed by atoms with Crippen molar-refractivity contribution in [3.63, 3.8) is 0 Å². The van der Waals surface area contributed by atoms with Gasteiger partial charge in [-0.2, -0.15) is 0 Å². The minimum Gasteiger partial charge on any atom is -0.343 e. The molecule has 1 amide bonds. The number of carbonyl (C=O) groups excluding carboxylic acids is 2. The summed E-state index contributed by atoms with van der Waals surface area (Å²) in [6, 6.07) is 16.3. The SMILES string of the molecule is O=C1N/C(=C\c2ccccc2)C(=O)C12OC2c1ccc(Cl)cc1. The van der Waals surface area contributed by atoms with E-state index < -0.39 is 17.6 Å². The monoisotopic (exact) mass is 325 g/mol. The third-order valence-corrected chi connectivity index (χ3v) is 4.32. The molecule has 2 aliphatic heterocycles. The summed E-state index contributed by atoms with van der Waals surface area (Å²) in [6.45, 7) is 0. The zero-order valence-corrected chi connectivity index (χ0v) is 12.7. The van der Waals surface area contributed by atoms with E-state index in [1.807, 2.05) is 30.3 Å². The van der Waals surface area contributed by atoms with E-state index >= 15 is 0 Å². The molecule has 5 heteroatoms. The Hall–Kier alpha value is -2.43. The first-order valence-electron chi connectivity index (χ1n) is 7.17. The number of nitrogens with one attached hydrogen (secondary N) is 1. The van der Waals surface area contributed by atoms with Crippen molar-refractivity contribution in [2.75, 3.05) is 0 Å². The average molecular weight is 326 g/mol. The van der Waals surface area contributed by atoms with Gasteiger partial charge in [0.05, 0.1) is 5.70 Å². The van der Waals surface area contributed by atoms with Crippen LogP contribution in [-0.2, 0) is 14.3 Å². The van der Waals surface area contributed by atoms with Crippen LogP contribution in [0.5, 0.6) is 0 Å². The second kappa shape index (κ2) is 5.05. The molecule has 2 aliphatic rings. The smallest absolute Gasteiger partial charge is 0.268 e. The Morgan fingerprint density at radius 1 is 1.04 bits per heavy atom. The molecule has 2 aromatic rings. The number of ketones is 1. The highest BCUT2D eigenvalue weighted by Gasteiger charge is 2.72. The number of Topliss-reactive ketones (excluding diaryl/α,β-unsaturated/α-hetero) is 1. The highest BCUT2D eigenvalue weighted by Crippen LogP contribution is 2.54. The predicted octanol–water partition coefficient (Wildman–Crippen LogP) is 2.89. The first-order chi connectivity index (χ1) is 11.1. The van der Waals surface area contributed by atoms with E-state index in [-0.39, 0.29) is 11.5 Å². The first kappa shape index (κ1) is 14.2. The molecule has 4 nitrogen and oxygen atoms in total. The second-order valence-corrected chi connectivity index (χ2v) is 5.97. The Bertz CT molecular complexity index is 829. The molecule has 2 unspecified atom stereocenters. The average Bonchev–Trinajstić information content (AvgIpc) is 3.27. The molecule has 2 aromatic carbocycles. The van der Waals surface area contributed by atoms with Gasteiger partial charge in [0, 0.05) is 5.02 Å². The van der Waals surface area contributed by atoms with Gasteiger partial charge in [-0.3, -0.25) is 9.59 Å². The Morgan fingerprint density at radius 3 is 2.43 bits per heavy atom. The number of epoxide rings is 1. The molecule has 2 heterocycles. The molecule has 114 valence electrons. The Kier molecular flexibility index (Phi) is 3.11. The lowest BCUT2D eigenvalue weighted by molar-refractivity contribution is -0.128. The Balaban J connectivity index is 1.65. The standard InChI is InChI=1S/C18H12ClNO3/c19-13-8-6-12(7-9-13)16-18(23-16)15(21)14(20-17(18)22)10-11-4-2-1-3-5-11/h1-10,16H,(H,20,22)/b14-10-. The molecule has 0 aliphatic carbocycles. The zero-order chi connectivity index (χ0) is 16.0. The summed E-state index contributed by atoms with van der Waals surface area (Å²) in [6.07, 6.45) is 1.10. The van der Waals surface area contributed by atoms with Crippen molar-refractivity contribution in [3.05, 3.63) is 76.4 Å². The molecule has 1 spiro atoms. The van der Waals surface area contributed by atoms with E-state index in [9.17, 15) is 9.59 Å². The number of carbonyl (C=O) groups is 2.